The molecule has 0 aromatic heterocycles. The summed E-state index contributed by atoms with van der Waals surface area (Å²) in [5.74, 6) is -0.00563. The lowest BCUT2D eigenvalue weighted by molar-refractivity contribution is -0.141. The molecule has 0 unspecified atom stereocenters. The Bertz CT molecular complexity index is 1420. The van der Waals surface area contributed by atoms with E-state index < -0.39 is 16.1 Å². The van der Waals surface area contributed by atoms with E-state index in [2.05, 4.69) is 21.2 Å². The summed E-state index contributed by atoms with van der Waals surface area (Å²) < 4.78 is 33.4. The Morgan fingerprint density at radius 2 is 1.57 bits per heavy atom. The van der Waals surface area contributed by atoms with Crippen molar-refractivity contribution in [2.24, 2.45) is 0 Å². The minimum atomic E-state index is -3.65. The van der Waals surface area contributed by atoms with E-state index in [0.29, 0.717) is 24.5 Å². The van der Waals surface area contributed by atoms with Crippen LogP contribution in [0.25, 0.3) is 0 Å². The number of rotatable bonds is 15. The average Bonchev–Trinajstić information content (AvgIpc) is 2.94. The number of carbonyl (C=O) groups excluding carboxylic acids is 2. The number of benzene rings is 3. The van der Waals surface area contributed by atoms with E-state index in [9.17, 15) is 18.0 Å². The second-order valence-corrected chi connectivity index (χ2v) is 13.2. The predicted octanol–water partition coefficient (Wildman–Crippen LogP) is 5.56. The van der Waals surface area contributed by atoms with Crippen LogP contribution >= 0.6 is 15.9 Å². The van der Waals surface area contributed by atoms with Crippen molar-refractivity contribution in [3.63, 3.8) is 0 Å². The number of hydrogen-bond acceptors (Lipinski definition) is 5. The zero-order valence-electron chi connectivity index (χ0n) is 24.6. The van der Waals surface area contributed by atoms with Crippen molar-refractivity contribution in [3.05, 3.63) is 94.5 Å². The number of anilines is 1. The molecule has 0 saturated carbocycles. The SMILES string of the molecule is CCOc1ccccc1N(CCCC(=O)N(Cc1ccc(Br)cc1)[C@H](Cc1ccccc1)C(=O)NC(C)C)S(C)(=O)=O. The van der Waals surface area contributed by atoms with Crippen LogP contribution in [0.1, 0.15) is 44.7 Å². The van der Waals surface area contributed by atoms with Crippen LogP contribution in [0.5, 0.6) is 5.75 Å². The zero-order chi connectivity index (χ0) is 30.7. The maximum Gasteiger partial charge on any atom is 0.243 e. The number of nitrogens with zero attached hydrogens (tertiary/aromatic N) is 2. The lowest BCUT2D eigenvalue weighted by Crippen LogP contribution is -2.51. The van der Waals surface area contributed by atoms with Crippen LogP contribution in [0.15, 0.2) is 83.3 Å². The van der Waals surface area contributed by atoms with Gasteiger partial charge in [0.15, 0.2) is 0 Å². The highest BCUT2D eigenvalue weighted by Crippen LogP contribution is 2.30. The molecular weight excluding hydrogens is 618 g/mol. The van der Waals surface area contributed by atoms with Crippen LogP contribution in [0.3, 0.4) is 0 Å². The molecule has 0 aliphatic carbocycles. The number of amides is 2. The molecule has 0 spiro atoms. The van der Waals surface area contributed by atoms with E-state index in [1.165, 1.54) is 4.31 Å². The molecule has 0 aliphatic rings. The van der Waals surface area contributed by atoms with Crippen molar-refractivity contribution in [2.75, 3.05) is 23.7 Å². The van der Waals surface area contributed by atoms with Crippen molar-refractivity contribution in [2.45, 2.75) is 58.7 Å². The number of carbonyl (C=O) groups is 2. The molecule has 42 heavy (non-hydrogen) atoms. The number of nitrogens with one attached hydrogen (secondary N) is 1. The summed E-state index contributed by atoms with van der Waals surface area (Å²) in [5.41, 5.74) is 2.25. The monoisotopic (exact) mass is 657 g/mol. The molecule has 0 radical (unpaired) electrons. The molecule has 226 valence electrons. The number of ether oxygens (including phenoxy) is 1. The topological polar surface area (TPSA) is 96.0 Å². The molecule has 0 aliphatic heterocycles. The van der Waals surface area contributed by atoms with Gasteiger partial charge in [-0.2, -0.15) is 0 Å². The zero-order valence-corrected chi connectivity index (χ0v) is 27.0. The first-order chi connectivity index (χ1) is 20.0. The fraction of sp³-hybridized carbons (Fsp3) is 0.375. The van der Waals surface area contributed by atoms with Gasteiger partial charge in [-0.3, -0.25) is 13.9 Å². The van der Waals surface area contributed by atoms with Gasteiger partial charge in [-0.05, 0) is 62.6 Å². The van der Waals surface area contributed by atoms with Gasteiger partial charge in [-0.25, -0.2) is 8.42 Å². The average molecular weight is 659 g/mol. The van der Waals surface area contributed by atoms with E-state index in [4.69, 9.17) is 4.74 Å². The molecule has 8 nitrogen and oxygen atoms in total. The van der Waals surface area contributed by atoms with Gasteiger partial charge in [0.1, 0.15) is 11.8 Å². The minimum absolute atomic E-state index is 0.0552. The van der Waals surface area contributed by atoms with Crippen molar-refractivity contribution in [3.8, 4) is 5.75 Å². The van der Waals surface area contributed by atoms with E-state index in [-0.39, 0.29) is 43.8 Å². The first kappa shape index (κ1) is 33.1. The molecule has 2 amide bonds. The largest absolute Gasteiger partial charge is 0.492 e. The third-order valence-corrected chi connectivity index (χ3v) is 8.26. The summed E-state index contributed by atoms with van der Waals surface area (Å²) in [6, 6.07) is 23.4. The molecule has 3 aromatic rings. The summed E-state index contributed by atoms with van der Waals surface area (Å²) in [4.78, 5) is 29.1. The van der Waals surface area contributed by atoms with Crippen LogP contribution in [0, 0.1) is 0 Å². The summed E-state index contributed by atoms with van der Waals surface area (Å²) in [6.45, 7) is 6.32. The van der Waals surface area contributed by atoms with E-state index in [0.717, 1.165) is 21.9 Å². The first-order valence-corrected chi connectivity index (χ1v) is 16.7. The molecule has 0 heterocycles. The van der Waals surface area contributed by atoms with Crippen LogP contribution in [-0.4, -0.2) is 56.6 Å². The van der Waals surface area contributed by atoms with Crippen LogP contribution in [-0.2, 0) is 32.6 Å². The molecular formula is C32H40BrN3O5S. The summed E-state index contributed by atoms with van der Waals surface area (Å²) in [6.07, 6.45) is 1.80. The molecule has 10 heteroatoms. The predicted molar refractivity (Wildman–Crippen MR) is 171 cm³/mol. The van der Waals surface area contributed by atoms with E-state index >= 15 is 0 Å². The molecule has 0 saturated heterocycles. The van der Waals surface area contributed by atoms with Crippen molar-refractivity contribution >= 4 is 43.5 Å². The smallest absolute Gasteiger partial charge is 0.243 e. The lowest BCUT2D eigenvalue weighted by Gasteiger charge is -2.32. The van der Waals surface area contributed by atoms with Gasteiger partial charge in [0, 0.05) is 36.4 Å². The van der Waals surface area contributed by atoms with Gasteiger partial charge in [0.25, 0.3) is 0 Å². The molecule has 1 N–H and O–H groups in total. The standard InChI is InChI=1S/C32H40BrN3O5S/c1-5-41-30-15-10-9-14-28(30)36(42(4,39)40)21-11-16-31(37)35(23-26-17-19-27(33)20-18-26)29(32(38)34-24(2)3)22-25-12-7-6-8-13-25/h6-10,12-15,17-20,24,29H,5,11,16,21-23H2,1-4H3,(H,34,38)/t29-/m1/s1. The second-order valence-electron chi connectivity index (χ2n) is 10.4. The summed E-state index contributed by atoms with van der Waals surface area (Å²) in [7, 11) is -3.65. The maximum atomic E-state index is 13.9. The number of sulfonamides is 1. The van der Waals surface area contributed by atoms with Crippen LogP contribution < -0.4 is 14.4 Å². The van der Waals surface area contributed by atoms with E-state index in [1.807, 2.05) is 75.4 Å². The van der Waals surface area contributed by atoms with Crippen LogP contribution in [0.4, 0.5) is 5.69 Å². The first-order valence-electron chi connectivity index (χ1n) is 14.1. The van der Waals surface area contributed by atoms with Gasteiger partial charge in [0.2, 0.25) is 21.8 Å². The summed E-state index contributed by atoms with van der Waals surface area (Å²) in [5, 5.41) is 2.99. The fourth-order valence-corrected chi connectivity index (χ4v) is 5.88. The van der Waals surface area contributed by atoms with Crippen molar-refractivity contribution in [1.29, 1.82) is 0 Å². The fourth-order valence-electron chi connectivity index (χ4n) is 4.64. The molecule has 0 bridgehead atoms. The Morgan fingerprint density at radius 1 is 0.929 bits per heavy atom. The maximum absolute atomic E-state index is 13.9. The minimum Gasteiger partial charge on any atom is -0.492 e. The highest BCUT2D eigenvalue weighted by Gasteiger charge is 2.31. The Morgan fingerprint density at radius 3 is 2.19 bits per heavy atom. The molecule has 3 aromatic carbocycles. The quantitative estimate of drug-likeness (QED) is 0.231. The second kappa shape index (κ2) is 15.7. The van der Waals surface area contributed by atoms with Crippen molar-refractivity contribution < 1.29 is 22.7 Å². The highest BCUT2D eigenvalue weighted by molar-refractivity contribution is 9.10. The van der Waals surface area contributed by atoms with Crippen molar-refractivity contribution in [1.82, 2.24) is 10.2 Å². The Balaban J connectivity index is 1.89. The van der Waals surface area contributed by atoms with Gasteiger partial charge in [-0.15, -0.1) is 0 Å². The van der Waals surface area contributed by atoms with Gasteiger partial charge in [-0.1, -0.05) is 70.5 Å². The molecule has 3 rings (SSSR count). The Kier molecular flexibility index (Phi) is 12.4. The molecule has 1 atom stereocenters. The van der Waals surface area contributed by atoms with Gasteiger partial charge >= 0.3 is 0 Å². The Hall–Kier alpha value is -3.37. The summed E-state index contributed by atoms with van der Waals surface area (Å²) >= 11 is 3.45. The highest BCUT2D eigenvalue weighted by atomic mass is 79.9. The number of para-hydroxylation sites is 2. The van der Waals surface area contributed by atoms with Crippen LogP contribution in [0.2, 0.25) is 0 Å². The third-order valence-electron chi connectivity index (χ3n) is 6.55. The van der Waals surface area contributed by atoms with E-state index in [1.54, 1.807) is 29.2 Å². The third kappa shape index (κ3) is 9.87. The normalized spacial score (nSPS) is 12.0. The number of hydrogen-bond donors (Lipinski definition) is 1. The lowest BCUT2D eigenvalue weighted by atomic mass is 10.0. The molecule has 0 fully saturated rings. The Labute approximate surface area is 258 Å². The number of halogens is 1. The van der Waals surface area contributed by atoms with Gasteiger partial charge in [0.05, 0.1) is 18.6 Å². The van der Waals surface area contributed by atoms with Gasteiger partial charge < -0.3 is 15.0 Å².